The van der Waals surface area contributed by atoms with Crippen molar-refractivity contribution in [1.29, 1.82) is 0 Å². The number of rotatable bonds is 5. The van der Waals surface area contributed by atoms with Gasteiger partial charge in [-0.3, -0.25) is 4.79 Å². The van der Waals surface area contributed by atoms with E-state index in [1.54, 1.807) is 11.8 Å². The van der Waals surface area contributed by atoms with Crippen molar-refractivity contribution in [3.8, 4) is 0 Å². The first kappa shape index (κ1) is 14.4. The number of aliphatic hydroxyl groups is 1. The monoisotopic (exact) mass is 280 g/mol. The summed E-state index contributed by atoms with van der Waals surface area (Å²) in [5.74, 6) is -0.0810. The van der Waals surface area contributed by atoms with Crippen molar-refractivity contribution >= 4 is 17.7 Å². The van der Waals surface area contributed by atoms with Crippen LogP contribution in [0.5, 0.6) is 0 Å². The van der Waals surface area contributed by atoms with Crippen LogP contribution in [0.3, 0.4) is 0 Å². The molecule has 0 bridgehead atoms. The molecule has 0 unspecified atom stereocenters. The van der Waals surface area contributed by atoms with Gasteiger partial charge >= 0.3 is 5.97 Å². The fraction of sp³-hybridized carbons (Fsp3) is 0.533. The van der Waals surface area contributed by atoms with Crippen LogP contribution in [0.1, 0.15) is 37.7 Å². The number of carbonyl (C=O) groups is 1. The van der Waals surface area contributed by atoms with Gasteiger partial charge < -0.3 is 10.2 Å². The average molecular weight is 280 g/mol. The maximum Gasteiger partial charge on any atom is 0.307 e. The van der Waals surface area contributed by atoms with Gasteiger partial charge in [0, 0.05) is 10.6 Å². The van der Waals surface area contributed by atoms with Gasteiger partial charge in [-0.25, -0.2) is 0 Å². The van der Waals surface area contributed by atoms with Gasteiger partial charge in [0.15, 0.2) is 0 Å². The summed E-state index contributed by atoms with van der Waals surface area (Å²) in [6.45, 7) is 0. The summed E-state index contributed by atoms with van der Waals surface area (Å²) in [5.41, 5.74) is 0.302. The van der Waals surface area contributed by atoms with Crippen molar-refractivity contribution in [3.63, 3.8) is 0 Å². The van der Waals surface area contributed by atoms with Gasteiger partial charge in [-0.1, -0.05) is 31.4 Å². The Morgan fingerprint density at radius 3 is 2.37 bits per heavy atom. The van der Waals surface area contributed by atoms with E-state index in [0.29, 0.717) is 0 Å². The lowest BCUT2D eigenvalue weighted by atomic mass is 9.86. The number of aliphatic carboxylic acids is 1. The van der Waals surface area contributed by atoms with Crippen LogP contribution in [0.15, 0.2) is 29.2 Å². The molecule has 4 heteroatoms. The van der Waals surface area contributed by atoms with Crippen molar-refractivity contribution in [3.05, 3.63) is 29.8 Å². The van der Waals surface area contributed by atoms with Crippen LogP contribution in [0, 0.1) is 0 Å². The molecule has 1 aliphatic carbocycles. The smallest absolute Gasteiger partial charge is 0.307 e. The summed E-state index contributed by atoms with van der Waals surface area (Å²) in [4.78, 5) is 11.7. The molecular formula is C15H20O3S. The van der Waals surface area contributed by atoms with Gasteiger partial charge in [0.25, 0.3) is 0 Å². The van der Waals surface area contributed by atoms with Crippen LogP contribution >= 0.6 is 11.8 Å². The molecule has 0 amide bonds. The molecule has 1 aromatic rings. The van der Waals surface area contributed by atoms with E-state index in [-0.39, 0.29) is 6.42 Å². The lowest BCUT2D eigenvalue weighted by molar-refractivity contribution is -0.136. The number of carboxylic acid groups (broad SMARTS) is 1. The molecule has 0 aromatic heterocycles. The zero-order valence-electron chi connectivity index (χ0n) is 11.0. The Kier molecular flexibility index (Phi) is 4.88. The van der Waals surface area contributed by atoms with Gasteiger partial charge in [-0.15, -0.1) is 11.8 Å². The minimum Gasteiger partial charge on any atom is -0.481 e. The lowest BCUT2D eigenvalue weighted by Gasteiger charge is -2.31. The molecule has 104 valence electrons. The number of carboxylic acids is 1. The third kappa shape index (κ3) is 4.55. The number of benzene rings is 1. The highest BCUT2D eigenvalue weighted by molar-refractivity contribution is 7.99. The highest BCUT2D eigenvalue weighted by Crippen LogP contribution is 2.33. The van der Waals surface area contributed by atoms with E-state index in [4.69, 9.17) is 5.11 Å². The first-order valence-electron chi connectivity index (χ1n) is 6.73. The van der Waals surface area contributed by atoms with Crippen molar-refractivity contribution in [2.75, 3.05) is 5.75 Å². The van der Waals surface area contributed by atoms with E-state index in [1.165, 1.54) is 6.42 Å². The molecule has 0 atom stereocenters. The van der Waals surface area contributed by atoms with E-state index >= 15 is 0 Å². The van der Waals surface area contributed by atoms with Gasteiger partial charge in [-0.2, -0.15) is 0 Å². The molecule has 2 N–H and O–H groups in total. The Balaban J connectivity index is 1.87. The van der Waals surface area contributed by atoms with Gasteiger partial charge in [0.05, 0.1) is 12.0 Å². The standard InChI is InChI=1S/C15H20O3S/c16-14(17)10-12-4-6-13(7-5-12)19-11-15(18)8-2-1-3-9-15/h4-7,18H,1-3,8-11H2,(H,16,17). The van der Waals surface area contributed by atoms with Gasteiger partial charge in [-0.05, 0) is 30.5 Å². The summed E-state index contributed by atoms with van der Waals surface area (Å²) in [7, 11) is 0. The second-order valence-electron chi connectivity index (χ2n) is 5.29. The average Bonchev–Trinajstić information content (AvgIpc) is 2.38. The van der Waals surface area contributed by atoms with Crippen molar-refractivity contribution in [2.45, 2.75) is 49.0 Å². The molecule has 19 heavy (non-hydrogen) atoms. The zero-order chi connectivity index (χ0) is 13.7. The van der Waals surface area contributed by atoms with Gasteiger partial charge in [0.2, 0.25) is 0 Å². The van der Waals surface area contributed by atoms with Crippen LogP contribution < -0.4 is 0 Å². The predicted molar refractivity (Wildman–Crippen MR) is 76.5 cm³/mol. The molecule has 1 aliphatic rings. The van der Waals surface area contributed by atoms with E-state index in [2.05, 4.69) is 0 Å². The molecule has 0 radical (unpaired) electrons. The fourth-order valence-corrected chi connectivity index (χ4v) is 3.50. The van der Waals surface area contributed by atoms with E-state index in [9.17, 15) is 9.90 Å². The van der Waals surface area contributed by atoms with Crippen LogP contribution in [-0.2, 0) is 11.2 Å². The number of hydrogen-bond donors (Lipinski definition) is 2. The minimum atomic E-state index is -0.808. The molecule has 1 aromatic carbocycles. The fourth-order valence-electron chi connectivity index (χ4n) is 2.45. The minimum absolute atomic E-state index is 0.0644. The quantitative estimate of drug-likeness (QED) is 0.814. The normalized spacial score (nSPS) is 18.2. The maximum absolute atomic E-state index is 10.6. The summed E-state index contributed by atoms with van der Waals surface area (Å²) < 4.78 is 0. The second kappa shape index (κ2) is 6.44. The second-order valence-corrected chi connectivity index (χ2v) is 6.34. The van der Waals surface area contributed by atoms with Crippen LogP contribution in [0.4, 0.5) is 0 Å². The summed E-state index contributed by atoms with van der Waals surface area (Å²) in [6, 6.07) is 7.58. The molecule has 1 fully saturated rings. The zero-order valence-corrected chi connectivity index (χ0v) is 11.8. The third-order valence-corrected chi connectivity index (χ3v) is 4.86. The molecule has 0 aliphatic heterocycles. The Hall–Kier alpha value is -1.00. The lowest BCUT2D eigenvalue weighted by Crippen LogP contribution is -2.33. The first-order valence-corrected chi connectivity index (χ1v) is 7.72. The van der Waals surface area contributed by atoms with Crippen molar-refractivity contribution in [1.82, 2.24) is 0 Å². The Morgan fingerprint density at radius 2 is 1.79 bits per heavy atom. The molecule has 2 rings (SSSR count). The molecule has 3 nitrogen and oxygen atoms in total. The first-order chi connectivity index (χ1) is 9.07. The molecule has 0 heterocycles. The summed E-state index contributed by atoms with van der Waals surface area (Å²) in [5, 5.41) is 19.1. The van der Waals surface area contributed by atoms with Crippen molar-refractivity contribution in [2.24, 2.45) is 0 Å². The Morgan fingerprint density at radius 1 is 1.16 bits per heavy atom. The van der Waals surface area contributed by atoms with E-state index < -0.39 is 11.6 Å². The van der Waals surface area contributed by atoms with E-state index in [0.717, 1.165) is 41.9 Å². The topological polar surface area (TPSA) is 57.5 Å². The maximum atomic E-state index is 10.6. The molecule has 1 saturated carbocycles. The Labute approximate surface area is 118 Å². The number of thioether (sulfide) groups is 1. The van der Waals surface area contributed by atoms with Crippen molar-refractivity contribution < 1.29 is 15.0 Å². The third-order valence-electron chi connectivity index (χ3n) is 3.57. The van der Waals surface area contributed by atoms with Crippen LogP contribution in [0.2, 0.25) is 0 Å². The summed E-state index contributed by atoms with van der Waals surface area (Å²) >= 11 is 1.66. The molecular weight excluding hydrogens is 260 g/mol. The highest BCUT2D eigenvalue weighted by Gasteiger charge is 2.28. The molecule has 0 saturated heterocycles. The van der Waals surface area contributed by atoms with Gasteiger partial charge in [0.1, 0.15) is 0 Å². The number of hydrogen-bond acceptors (Lipinski definition) is 3. The van der Waals surface area contributed by atoms with Crippen LogP contribution in [0.25, 0.3) is 0 Å². The summed E-state index contributed by atoms with van der Waals surface area (Å²) in [6.07, 6.45) is 5.34. The Bertz CT molecular complexity index is 422. The van der Waals surface area contributed by atoms with Crippen LogP contribution in [-0.4, -0.2) is 27.5 Å². The molecule has 0 spiro atoms. The predicted octanol–water partition coefficient (Wildman–Crippen LogP) is 3.10. The SMILES string of the molecule is O=C(O)Cc1ccc(SCC2(O)CCCCC2)cc1. The largest absolute Gasteiger partial charge is 0.481 e. The highest BCUT2D eigenvalue weighted by atomic mass is 32.2. The van der Waals surface area contributed by atoms with E-state index in [1.807, 2.05) is 24.3 Å².